The fourth-order valence-corrected chi connectivity index (χ4v) is 3.98. The second-order valence-electron chi connectivity index (χ2n) is 7.84. The minimum Gasteiger partial charge on any atom is -0.502 e. The number of alkyl halides is 1. The Morgan fingerprint density at radius 1 is 1.06 bits per heavy atom. The highest BCUT2D eigenvalue weighted by molar-refractivity contribution is 5.86. The Morgan fingerprint density at radius 3 is 2.64 bits per heavy atom. The zero-order valence-electron chi connectivity index (χ0n) is 17.7. The molecule has 7 nitrogen and oxygen atoms in total. The second-order valence-corrected chi connectivity index (χ2v) is 7.84. The van der Waals surface area contributed by atoms with Crippen LogP contribution in [0.5, 0.6) is 17.2 Å². The number of hydrogen-bond acceptors (Lipinski definition) is 7. The largest absolute Gasteiger partial charge is 0.502 e. The molecule has 1 aliphatic heterocycles. The summed E-state index contributed by atoms with van der Waals surface area (Å²) in [5.74, 6) is 1.52. The molecule has 5 rings (SSSR count). The molecule has 0 saturated heterocycles. The van der Waals surface area contributed by atoms with Gasteiger partial charge in [0.25, 0.3) is 0 Å². The molecule has 33 heavy (non-hydrogen) atoms. The Hall–Kier alpha value is -3.78. The Kier molecular flexibility index (Phi) is 5.75. The summed E-state index contributed by atoms with van der Waals surface area (Å²) in [5.41, 5.74) is 2.08. The van der Waals surface area contributed by atoms with E-state index < -0.39 is 17.9 Å². The molecule has 0 spiro atoms. The molecule has 0 saturated carbocycles. The summed E-state index contributed by atoms with van der Waals surface area (Å²) < 4.78 is 34.8. The van der Waals surface area contributed by atoms with Gasteiger partial charge in [0.1, 0.15) is 18.0 Å². The number of aromatic hydroxyl groups is 1. The van der Waals surface area contributed by atoms with Crippen LogP contribution in [0.25, 0.3) is 22.3 Å². The van der Waals surface area contributed by atoms with Crippen LogP contribution in [-0.4, -0.2) is 31.7 Å². The van der Waals surface area contributed by atoms with Gasteiger partial charge in [-0.3, -0.25) is 4.79 Å². The van der Waals surface area contributed by atoms with E-state index in [9.17, 15) is 14.3 Å². The zero-order valence-corrected chi connectivity index (χ0v) is 17.7. The third-order valence-corrected chi connectivity index (χ3v) is 5.65. The summed E-state index contributed by atoms with van der Waals surface area (Å²) in [5, 5.41) is 14.1. The van der Waals surface area contributed by atoms with E-state index in [4.69, 9.17) is 18.3 Å². The SMILES string of the molecule is O=c1ccoc(C(CNCCF)Cc2ccc(-c3cc4cc5c(cc4o3)OCO5)cc2)c1O. The van der Waals surface area contributed by atoms with Crippen LogP contribution in [0.4, 0.5) is 4.39 Å². The van der Waals surface area contributed by atoms with Gasteiger partial charge in [-0.2, -0.15) is 0 Å². The predicted molar refractivity (Wildman–Crippen MR) is 120 cm³/mol. The maximum absolute atomic E-state index is 12.6. The van der Waals surface area contributed by atoms with Gasteiger partial charge < -0.3 is 28.7 Å². The summed E-state index contributed by atoms with van der Waals surface area (Å²) in [6.45, 7) is 0.235. The van der Waals surface area contributed by atoms with Gasteiger partial charge in [0.15, 0.2) is 17.3 Å². The van der Waals surface area contributed by atoms with E-state index in [-0.39, 0.29) is 25.0 Å². The monoisotopic (exact) mass is 451 g/mol. The molecular weight excluding hydrogens is 429 g/mol. The van der Waals surface area contributed by atoms with E-state index >= 15 is 0 Å². The molecule has 0 amide bonds. The minimum atomic E-state index is -0.509. The lowest BCUT2D eigenvalue weighted by Crippen LogP contribution is -2.25. The average molecular weight is 451 g/mol. The first kappa shape index (κ1) is 21.1. The smallest absolute Gasteiger partial charge is 0.231 e. The molecule has 0 aliphatic carbocycles. The van der Waals surface area contributed by atoms with Crippen molar-refractivity contribution in [1.29, 1.82) is 0 Å². The normalized spacial score (nSPS) is 13.5. The van der Waals surface area contributed by atoms with Crippen molar-refractivity contribution in [2.24, 2.45) is 0 Å². The summed E-state index contributed by atoms with van der Waals surface area (Å²) in [6.07, 6.45) is 1.75. The first-order chi connectivity index (χ1) is 16.1. The Bertz CT molecular complexity index is 1290. The summed E-state index contributed by atoms with van der Waals surface area (Å²) >= 11 is 0. The van der Waals surface area contributed by atoms with E-state index in [2.05, 4.69) is 5.32 Å². The Balaban J connectivity index is 1.37. The van der Waals surface area contributed by atoms with E-state index in [0.717, 1.165) is 16.5 Å². The lowest BCUT2D eigenvalue weighted by Gasteiger charge is -2.17. The van der Waals surface area contributed by atoms with Gasteiger partial charge >= 0.3 is 0 Å². The summed E-state index contributed by atoms with van der Waals surface area (Å²) in [6, 6.07) is 14.6. The Labute approximate surface area is 188 Å². The highest BCUT2D eigenvalue weighted by atomic mass is 19.1. The summed E-state index contributed by atoms with van der Waals surface area (Å²) in [4.78, 5) is 11.9. The Morgan fingerprint density at radius 2 is 1.85 bits per heavy atom. The molecule has 0 radical (unpaired) electrons. The van der Waals surface area contributed by atoms with Gasteiger partial charge in [0.05, 0.1) is 6.26 Å². The van der Waals surface area contributed by atoms with Crippen LogP contribution in [0.1, 0.15) is 17.2 Å². The number of ether oxygens (including phenoxy) is 2. The average Bonchev–Trinajstić information content (AvgIpc) is 3.45. The lowest BCUT2D eigenvalue weighted by atomic mass is 9.95. The van der Waals surface area contributed by atoms with Crippen LogP contribution in [0.3, 0.4) is 0 Å². The first-order valence-corrected chi connectivity index (χ1v) is 10.6. The van der Waals surface area contributed by atoms with E-state index in [1.165, 1.54) is 12.3 Å². The number of halogens is 1. The lowest BCUT2D eigenvalue weighted by molar-refractivity contribution is 0.174. The molecule has 3 heterocycles. The van der Waals surface area contributed by atoms with Gasteiger partial charge in [-0.05, 0) is 24.1 Å². The van der Waals surface area contributed by atoms with Crippen molar-refractivity contribution in [2.45, 2.75) is 12.3 Å². The predicted octanol–water partition coefficient (Wildman–Crippen LogP) is 4.37. The number of benzene rings is 2. The fourth-order valence-electron chi connectivity index (χ4n) is 3.98. The van der Waals surface area contributed by atoms with Gasteiger partial charge in [-0.25, -0.2) is 4.39 Å². The van der Waals surface area contributed by atoms with Crippen molar-refractivity contribution in [2.75, 3.05) is 26.6 Å². The molecule has 1 aliphatic rings. The van der Waals surface area contributed by atoms with Crippen molar-refractivity contribution in [3.05, 3.63) is 76.3 Å². The third-order valence-electron chi connectivity index (χ3n) is 5.65. The number of nitrogens with one attached hydrogen (secondary N) is 1. The van der Waals surface area contributed by atoms with E-state index in [0.29, 0.717) is 35.8 Å². The molecule has 2 aromatic heterocycles. The van der Waals surface area contributed by atoms with Gasteiger partial charge in [0.2, 0.25) is 18.0 Å². The van der Waals surface area contributed by atoms with Crippen LogP contribution >= 0.6 is 0 Å². The van der Waals surface area contributed by atoms with Gasteiger partial charge in [-0.15, -0.1) is 0 Å². The molecule has 4 aromatic rings. The molecule has 2 N–H and O–H groups in total. The van der Waals surface area contributed by atoms with Crippen molar-refractivity contribution in [1.82, 2.24) is 5.32 Å². The molecule has 0 bridgehead atoms. The minimum absolute atomic E-state index is 0.179. The van der Waals surface area contributed by atoms with Crippen molar-refractivity contribution >= 4 is 11.0 Å². The highest BCUT2D eigenvalue weighted by Crippen LogP contribution is 2.39. The van der Waals surface area contributed by atoms with E-state index in [1.807, 2.05) is 42.5 Å². The fraction of sp³-hybridized carbons (Fsp3) is 0.240. The molecule has 0 fully saturated rings. The van der Waals surface area contributed by atoms with Crippen molar-refractivity contribution in [3.8, 4) is 28.6 Å². The number of hydrogen-bond donors (Lipinski definition) is 2. The quantitative estimate of drug-likeness (QED) is 0.384. The number of rotatable bonds is 8. The van der Waals surface area contributed by atoms with Crippen molar-refractivity contribution in [3.63, 3.8) is 0 Å². The van der Waals surface area contributed by atoms with Gasteiger partial charge in [-0.1, -0.05) is 24.3 Å². The topological polar surface area (TPSA) is 94.1 Å². The number of furan rings is 1. The van der Waals surface area contributed by atoms with Crippen LogP contribution in [0.2, 0.25) is 0 Å². The number of fused-ring (bicyclic) bond motifs is 2. The van der Waals surface area contributed by atoms with Crippen LogP contribution in [0.15, 0.2) is 68.4 Å². The summed E-state index contributed by atoms with van der Waals surface area (Å²) in [7, 11) is 0. The third kappa shape index (κ3) is 4.29. The van der Waals surface area contributed by atoms with E-state index in [1.54, 1.807) is 0 Å². The maximum atomic E-state index is 12.6. The second kappa shape index (κ2) is 8.99. The molecule has 8 heteroatoms. The maximum Gasteiger partial charge on any atom is 0.231 e. The molecule has 1 unspecified atom stereocenters. The molecule has 2 aromatic carbocycles. The van der Waals surface area contributed by atoms with Crippen LogP contribution in [0, 0.1) is 0 Å². The molecule has 170 valence electrons. The van der Waals surface area contributed by atoms with Crippen LogP contribution in [-0.2, 0) is 6.42 Å². The highest BCUT2D eigenvalue weighted by Gasteiger charge is 2.21. The van der Waals surface area contributed by atoms with Gasteiger partial charge in [0, 0.05) is 42.1 Å². The van der Waals surface area contributed by atoms with Crippen molar-refractivity contribution < 1.29 is 27.8 Å². The first-order valence-electron chi connectivity index (χ1n) is 10.6. The zero-order chi connectivity index (χ0) is 22.8. The standard InChI is InChI=1S/C25H22FNO6/c26-6-7-27-13-18(25-24(29)19(28)5-8-30-25)9-15-1-3-16(4-2-15)20-10-17-11-22-23(32-14-31-22)12-21(17)33-20/h1-5,8,10-12,18,27,29H,6-7,9,13-14H2. The molecular formula is C25H22FNO6. The van der Waals surface area contributed by atoms with Crippen LogP contribution < -0.4 is 20.2 Å². The molecule has 1 atom stereocenters.